The van der Waals surface area contributed by atoms with E-state index in [2.05, 4.69) is 35.4 Å². The molecule has 0 radical (unpaired) electrons. The molecular weight excluding hydrogens is 232 g/mol. The monoisotopic (exact) mass is 246 g/mol. The van der Waals surface area contributed by atoms with Crippen LogP contribution >= 0.6 is 0 Å². The highest BCUT2D eigenvalue weighted by molar-refractivity contribution is 5.79. The molecule has 2 aliphatic carbocycles. The van der Waals surface area contributed by atoms with Crippen LogP contribution in [-0.4, -0.2) is 0 Å². The molecule has 0 fully saturated rings. The maximum Gasteiger partial charge on any atom is 0.0935 e. The van der Waals surface area contributed by atoms with Crippen molar-refractivity contribution in [2.75, 3.05) is 0 Å². The third-order valence-electron chi connectivity index (χ3n) is 3.08. The first kappa shape index (κ1) is 11.6. The Hall–Kier alpha value is -2.48. The van der Waals surface area contributed by atoms with E-state index in [9.17, 15) is 0 Å². The molecule has 0 spiro atoms. The van der Waals surface area contributed by atoms with Crippen LogP contribution in [-0.2, 0) is 0 Å². The molecule has 1 aromatic carbocycles. The molecule has 0 amide bonds. The van der Waals surface area contributed by atoms with Gasteiger partial charge in [0.1, 0.15) is 0 Å². The van der Waals surface area contributed by atoms with Gasteiger partial charge in [0.05, 0.1) is 11.4 Å². The van der Waals surface area contributed by atoms with Crippen molar-refractivity contribution in [2.24, 2.45) is 10.2 Å². The van der Waals surface area contributed by atoms with E-state index < -0.39 is 0 Å². The molecule has 0 N–H and O–H groups in total. The number of azo groups is 1. The molecule has 2 aliphatic rings. The first-order valence-corrected chi connectivity index (χ1v) is 6.29. The fourth-order valence-corrected chi connectivity index (χ4v) is 2.01. The van der Waals surface area contributed by atoms with Gasteiger partial charge >= 0.3 is 0 Å². The molecule has 0 aliphatic heterocycles. The molecule has 0 saturated heterocycles. The summed E-state index contributed by atoms with van der Waals surface area (Å²) in [5.41, 5.74) is 5.32. The third kappa shape index (κ3) is 2.52. The Labute approximate surface area is 112 Å². The van der Waals surface area contributed by atoms with Crippen LogP contribution in [0.25, 0.3) is 11.1 Å². The number of hydrogen-bond donors (Lipinski definition) is 0. The smallest absolute Gasteiger partial charge is 0.0935 e. The predicted molar refractivity (Wildman–Crippen MR) is 78.4 cm³/mol. The summed E-state index contributed by atoms with van der Waals surface area (Å²) in [6.07, 6.45) is 0. The Morgan fingerprint density at radius 1 is 0.684 bits per heavy atom. The van der Waals surface area contributed by atoms with Gasteiger partial charge in [-0.15, -0.1) is 5.11 Å². The zero-order valence-electron chi connectivity index (χ0n) is 10.7. The Balaban J connectivity index is 1.93. The predicted octanol–water partition coefficient (Wildman–Crippen LogP) is 5.52. The van der Waals surface area contributed by atoms with Crippen LogP contribution in [0.2, 0.25) is 0 Å². The second-order valence-corrected chi connectivity index (χ2v) is 4.53. The van der Waals surface area contributed by atoms with Gasteiger partial charge in [-0.25, -0.2) is 0 Å². The summed E-state index contributed by atoms with van der Waals surface area (Å²) in [4.78, 5) is 0. The summed E-state index contributed by atoms with van der Waals surface area (Å²) < 4.78 is 0. The number of rotatable bonds is 2. The minimum atomic E-state index is 0.875. The Kier molecular flexibility index (Phi) is 3.07. The van der Waals surface area contributed by atoms with Gasteiger partial charge in [0.25, 0.3) is 0 Å². The highest BCUT2D eigenvalue weighted by Gasteiger charge is 2.06. The maximum absolute atomic E-state index is 4.35. The van der Waals surface area contributed by atoms with Crippen LogP contribution in [0.1, 0.15) is 5.56 Å². The summed E-state index contributed by atoms with van der Waals surface area (Å²) in [5, 5.41) is 8.63. The number of aryl methyl sites for hydroxylation is 1. The summed E-state index contributed by atoms with van der Waals surface area (Å²) in [6.45, 7) is 2.06. The van der Waals surface area contributed by atoms with Crippen molar-refractivity contribution < 1.29 is 0 Å². The highest BCUT2D eigenvalue weighted by Crippen LogP contribution is 2.34. The minimum Gasteiger partial charge on any atom is -0.151 e. The zero-order valence-corrected chi connectivity index (χ0v) is 10.7. The van der Waals surface area contributed by atoms with E-state index >= 15 is 0 Å². The van der Waals surface area contributed by atoms with E-state index in [1.165, 1.54) is 11.1 Å². The molecule has 0 unspecified atom stereocenters. The fraction of sp³-hybridized carbons (Fsp3) is 0.0588. The number of benzene rings is 1. The number of fused-ring (bicyclic) bond motifs is 1. The van der Waals surface area contributed by atoms with Crippen LogP contribution in [0.4, 0.5) is 11.4 Å². The molecule has 3 rings (SSSR count). The highest BCUT2D eigenvalue weighted by atomic mass is 15.1. The van der Waals surface area contributed by atoms with Crippen molar-refractivity contribution in [1.82, 2.24) is 0 Å². The van der Waals surface area contributed by atoms with Crippen LogP contribution < -0.4 is 0 Å². The van der Waals surface area contributed by atoms with Crippen molar-refractivity contribution >= 4 is 11.4 Å². The first-order chi connectivity index (χ1) is 9.33. The van der Waals surface area contributed by atoms with E-state index in [-0.39, 0.29) is 0 Å². The first-order valence-electron chi connectivity index (χ1n) is 6.29. The van der Waals surface area contributed by atoms with Crippen molar-refractivity contribution in [2.45, 2.75) is 6.92 Å². The molecule has 2 heteroatoms. The van der Waals surface area contributed by atoms with E-state index in [0.29, 0.717) is 0 Å². The van der Waals surface area contributed by atoms with Gasteiger partial charge < -0.3 is 0 Å². The summed E-state index contributed by atoms with van der Waals surface area (Å²) in [6, 6.07) is 22.3. The molecule has 2 nitrogen and oxygen atoms in total. The van der Waals surface area contributed by atoms with Gasteiger partial charge in [-0.2, -0.15) is 5.11 Å². The molecule has 0 bridgehead atoms. The zero-order chi connectivity index (χ0) is 13.1. The topological polar surface area (TPSA) is 24.7 Å². The van der Waals surface area contributed by atoms with Crippen molar-refractivity contribution in [1.29, 1.82) is 0 Å². The Bertz CT molecular complexity index is 684. The van der Waals surface area contributed by atoms with Crippen LogP contribution in [0, 0.1) is 6.92 Å². The van der Waals surface area contributed by atoms with Crippen LogP contribution in [0.15, 0.2) is 77.0 Å². The quantitative estimate of drug-likeness (QED) is 0.532. The third-order valence-corrected chi connectivity index (χ3v) is 3.08. The average Bonchev–Trinajstić information content (AvgIpc) is 2.66. The molecule has 19 heavy (non-hydrogen) atoms. The van der Waals surface area contributed by atoms with Gasteiger partial charge in [-0.1, -0.05) is 54.1 Å². The van der Waals surface area contributed by atoms with Crippen molar-refractivity contribution in [3.63, 3.8) is 0 Å². The molecule has 0 saturated carbocycles. The van der Waals surface area contributed by atoms with E-state index in [0.717, 1.165) is 16.9 Å². The summed E-state index contributed by atoms with van der Waals surface area (Å²) in [7, 11) is 0. The lowest BCUT2D eigenvalue weighted by Gasteiger charge is -1.95. The Morgan fingerprint density at radius 2 is 1.47 bits per heavy atom. The van der Waals surface area contributed by atoms with Gasteiger partial charge in [0, 0.05) is 5.56 Å². The molecule has 0 heterocycles. The van der Waals surface area contributed by atoms with Gasteiger partial charge in [-0.3, -0.25) is 0 Å². The average molecular weight is 246 g/mol. The largest absolute Gasteiger partial charge is 0.151 e. The summed E-state index contributed by atoms with van der Waals surface area (Å²) in [5.74, 6) is 0. The second-order valence-electron chi connectivity index (χ2n) is 4.53. The Morgan fingerprint density at radius 3 is 2.32 bits per heavy atom. The lowest BCUT2D eigenvalue weighted by molar-refractivity contribution is 1.24. The standard InChI is InChI=1S/C17H14N2/c1-13-7-10-15(11-8-13)18-19-17-12-9-14-5-3-2-4-6-16(14)17/h2-12H,1H3. The fourth-order valence-electron chi connectivity index (χ4n) is 2.01. The summed E-state index contributed by atoms with van der Waals surface area (Å²) >= 11 is 0. The second kappa shape index (κ2) is 5.02. The van der Waals surface area contributed by atoms with E-state index in [4.69, 9.17) is 0 Å². The van der Waals surface area contributed by atoms with Gasteiger partial charge in [0.2, 0.25) is 0 Å². The van der Waals surface area contributed by atoms with Gasteiger partial charge in [-0.05, 0) is 30.7 Å². The van der Waals surface area contributed by atoms with Crippen molar-refractivity contribution in [3.8, 4) is 11.1 Å². The molecule has 1 aromatic rings. The molecule has 0 atom stereocenters. The molecule has 0 aromatic heterocycles. The maximum atomic E-state index is 4.35. The van der Waals surface area contributed by atoms with Crippen LogP contribution in [0.5, 0.6) is 0 Å². The van der Waals surface area contributed by atoms with E-state index in [1.807, 2.05) is 48.5 Å². The molecule has 92 valence electrons. The molecular formula is C17H14N2. The van der Waals surface area contributed by atoms with E-state index in [1.54, 1.807) is 0 Å². The number of hydrogen-bond acceptors (Lipinski definition) is 2. The normalized spacial score (nSPS) is 11.2. The minimum absolute atomic E-state index is 0.875. The SMILES string of the molecule is Cc1ccc(N=Nc2ccc3cccccc2-3)cc1. The van der Waals surface area contributed by atoms with Crippen LogP contribution in [0.3, 0.4) is 0 Å². The lowest BCUT2D eigenvalue weighted by Crippen LogP contribution is -1.68. The van der Waals surface area contributed by atoms with Crippen molar-refractivity contribution in [3.05, 3.63) is 72.3 Å². The lowest BCUT2D eigenvalue weighted by atomic mass is 10.2. The van der Waals surface area contributed by atoms with Gasteiger partial charge in [0.15, 0.2) is 0 Å². The number of nitrogens with zero attached hydrogens (tertiary/aromatic N) is 2.